The third-order valence-electron chi connectivity index (χ3n) is 14.9. The van der Waals surface area contributed by atoms with E-state index in [9.17, 15) is 43.5 Å². The van der Waals surface area contributed by atoms with E-state index in [2.05, 4.69) is 130 Å². The summed E-state index contributed by atoms with van der Waals surface area (Å²) in [6, 6.07) is 0. The minimum atomic E-state index is -4.93. The zero-order valence-corrected chi connectivity index (χ0v) is 59.9. The van der Waals surface area contributed by atoms with Crippen molar-refractivity contribution in [3.63, 3.8) is 0 Å². The summed E-state index contributed by atoms with van der Waals surface area (Å²) in [6.07, 6.45) is 77.2. The lowest BCUT2D eigenvalue weighted by Gasteiger charge is -2.21. The smallest absolute Gasteiger partial charge is 0.463 e. The fourth-order valence-corrected chi connectivity index (χ4v) is 10.9. The van der Waals surface area contributed by atoms with Gasteiger partial charge in [0.05, 0.1) is 26.4 Å². The van der Waals surface area contributed by atoms with Crippen LogP contribution in [-0.4, -0.2) is 95.9 Å². The van der Waals surface area contributed by atoms with Gasteiger partial charge in [0.1, 0.15) is 25.4 Å². The first kappa shape index (κ1) is 89.2. The molecule has 0 radical (unpaired) electrons. The average molecular weight is 1350 g/mol. The van der Waals surface area contributed by atoms with Crippen molar-refractivity contribution >= 4 is 33.6 Å². The Labute approximate surface area is 564 Å². The molecular formula is C75H130O16P2. The van der Waals surface area contributed by atoms with Crippen molar-refractivity contribution in [3.05, 3.63) is 109 Å². The third-order valence-corrected chi connectivity index (χ3v) is 16.8. The number of hydrogen-bond acceptors (Lipinski definition) is 14. The SMILES string of the molecule is CCCC/C=C\CCCCCCCC(=O)OC(COC(=O)CCCCCCC/C=C\C/C=C\C/C=C\C/C=C\CCCCC)COP(=O)(O)OCC(O)COP(=O)(O)OCC(O)COC(=O)CCCCCCCCCCC/C=C\C/C=C\C/C=C\C/C=C\CCCCC. The summed E-state index contributed by atoms with van der Waals surface area (Å²) in [5, 5.41) is 20.6. The second-order valence-corrected chi connectivity index (χ2v) is 26.9. The number of phosphoric acid groups is 2. The van der Waals surface area contributed by atoms with Crippen LogP contribution in [0.25, 0.3) is 0 Å². The summed E-state index contributed by atoms with van der Waals surface area (Å²) in [6.45, 7) is 2.53. The molecule has 0 spiro atoms. The number of ether oxygens (including phenoxy) is 3. The molecule has 0 aliphatic rings. The first-order valence-electron chi connectivity index (χ1n) is 36.2. The molecular weight excluding hydrogens is 1220 g/mol. The van der Waals surface area contributed by atoms with Crippen molar-refractivity contribution < 1.29 is 75.8 Å². The molecule has 0 saturated heterocycles. The van der Waals surface area contributed by atoms with Gasteiger partial charge >= 0.3 is 33.6 Å². The fourth-order valence-electron chi connectivity index (χ4n) is 9.34. The van der Waals surface area contributed by atoms with Crippen LogP contribution in [-0.2, 0) is 55.8 Å². The Hall–Kier alpha value is -3.79. The molecule has 5 unspecified atom stereocenters. The monoisotopic (exact) mass is 1350 g/mol. The molecule has 0 aromatic rings. The number of rotatable bonds is 68. The maximum absolute atomic E-state index is 12.9. The second kappa shape index (κ2) is 68.2. The molecule has 0 fully saturated rings. The van der Waals surface area contributed by atoms with Crippen LogP contribution in [0.5, 0.6) is 0 Å². The van der Waals surface area contributed by atoms with Gasteiger partial charge in [-0.1, -0.05) is 252 Å². The van der Waals surface area contributed by atoms with E-state index in [4.69, 9.17) is 32.3 Å². The number of phosphoric ester groups is 2. The molecule has 18 heteroatoms. The van der Waals surface area contributed by atoms with E-state index in [1.807, 2.05) is 0 Å². The first-order valence-corrected chi connectivity index (χ1v) is 39.2. The van der Waals surface area contributed by atoms with E-state index >= 15 is 0 Å². The highest BCUT2D eigenvalue weighted by Crippen LogP contribution is 2.45. The predicted octanol–water partition coefficient (Wildman–Crippen LogP) is 20.4. The molecule has 0 aliphatic carbocycles. The number of aliphatic hydroxyl groups is 2. The first-order chi connectivity index (χ1) is 45.2. The van der Waals surface area contributed by atoms with Gasteiger partial charge in [-0.3, -0.25) is 32.5 Å². The standard InChI is InChI=1S/C75H130O16P2/c1-4-7-10-13-16-19-22-24-26-28-30-32-33-34-35-37-39-40-42-44-47-49-52-55-58-61-73(78)85-64-70(76)65-87-92(81,82)88-66-71(77)67-89-93(83,84)90-69-72(91-75(80)63-60-57-54-51-46-21-18-15-12-9-6-3)68-86-74(79)62-59-56-53-50-48-45-43-41-38-36-31-29-27-25-23-20-17-14-11-8-5-2/h15-20,24-27,30-32,34-36,41,43,70-72,76-77H,4-14,21-23,28-29,33,37-40,42,44-69H2,1-3H3,(H,81,82)(H,83,84)/b18-15-,19-16-,20-17-,26-24-,27-25-,32-30-,35-34-,36-31-,43-41-. The number of carbonyl (C=O) groups excluding carboxylic acids is 3. The summed E-state index contributed by atoms with van der Waals surface area (Å²) in [5.41, 5.74) is 0. The Morgan fingerprint density at radius 1 is 0.301 bits per heavy atom. The maximum atomic E-state index is 12.9. The molecule has 16 nitrogen and oxygen atoms in total. The second-order valence-electron chi connectivity index (χ2n) is 24.0. The number of unbranched alkanes of at least 4 members (excludes halogenated alkanes) is 27. The Morgan fingerprint density at radius 2 is 0.548 bits per heavy atom. The van der Waals surface area contributed by atoms with E-state index in [1.165, 1.54) is 89.9 Å². The summed E-state index contributed by atoms with van der Waals surface area (Å²) in [4.78, 5) is 58.4. The molecule has 0 aromatic carbocycles. The number of carbonyl (C=O) groups is 3. The van der Waals surface area contributed by atoms with Gasteiger partial charge in [-0.05, 0) is 128 Å². The molecule has 93 heavy (non-hydrogen) atoms. The zero-order chi connectivity index (χ0) is 68.1. The molecule has 0 aliphatic heterocycles. The van der Waals surface area contributed by atoms with Gasteiger partial charge < -0.3 is 34.2 Å². The van der Waals surface area contributed by atoms with Crippen LogP contribution in [0.1, 0.15) is 290 Å². The minimum Gasteiger partial charge on any atom is -0.463 e. The minimum absolute atomic E-state index is 0.0880. The van der Waals surface area contributed by atoms with Gasteiger partial charge in [0.15, 0.2) is 6.10 Å². The van der Waals surface area contributed by atoms with E-state index in [1.54, 1.807) is 0 Å². The molecule has 0 bridgehead atoms. The summed E-state index contributed by atoms with van der Waals surface area (Å²) in [7, 11) is -9.79. The van der Waals surface area contributed by atoms with Gasteiger partial charge in [0.2, 0.25) is 0 Å². The lowest BCUT2D eigenvalue weighted by atomic mass is 10.1. The molecule has 536 valence electrons. The Balaban J connectivity index is 4.54. The van der Waals surface area contributed by atoms with Crippen LogP contribution in [0.3, 0.4) is 0 Å². The Morgan fingerprint density at radius 3 is 0.892 bits per heavy atom. The van der Waals surface area contributed by atoms with Crippen LogP contribution < -0.4 is 0 Å². The highest BCUT2D eigenvalue weighted by atomic mass is 31.2. The lowest BCUT2D eigenvalue weighted by molar-refractivity contribution is -0.161. The van der Waals surface area contributed by atoms with Gasteiger partial charge in [-0.15, -0.1) is 0 Å². The van der Waals surface area contributed by atoms with Gasteiger partial charge in [-0.25, -0.2) is 9.13 Å². The van der Waals surface area contributed by atoms with Crippen molar-refractivity contribution in [1.29, 1.82) is 0 Å². The van der Waals surface area contributed by atoms with Gasteiger partial charge in [0, 0.05) is 19.3 Å². The summed E-state index contributed by atoms with van der Waals surface area (Å²) in [5.74, 6) is -1.61. The van der Waals surface area contributed by atoms with E-state index in [0.29, 0.717) is 19.3 Å². The van der Waals surface area contributed by atoms with Crippen molar-refractivity contribution in [3.8, 4) is 0 Å². The molecule has 0 rings (SSSR count). The number of aliphatic hydroxyl groups excluding tert-OH is 2. The quantitative estimate of drug-likeness (QED) is 0.0146. The number of allylic oxidation sites excluding steroid dienone is 18. The normalized spacial score (nSPS) is 14.8. The van der Waals surface area contributed by atoms with Crippen molar-refractivity contribution in [2.75, 3.05) is 39.6 Å². The predicted molar refractivity (Wildman–Crippen MR) is 380 cm³/mol. The summed E-state index contributed by atoms with van der Waals surface area (Å²) >= 11 is 0. The average Bonchev–Trinajstić information content (AvgIpc) is 2.69. The maximum Gasteiger partial charge on any atom is 0.472 e. The van der Waals surface area contributed by atoms with Gasteiger partial charge in [-0.2, -0.15) is 0 Å². The highest BCUT2D eigenvalue weighted by Gasteiger charge is 2.29. The summed E-state index contributed by atoms with van der Waals surface area (Å²) < 4.78 is 60.9. The van der Waals surface area contributed by atoms with Crippen molar-refractivity contribution in [2.24, 2.45) is 0 Å². The Kier molecular flexibility index (Phi) is 65.4. The lowest BCUT2D eigenvalue weighted by Crippen LogP contribution is -2.30. The largest absolute Gasteiger partial charge is 0.472 e. The highest BCUT2D eigenvalue weighted by molar-refractivity contribution is 7.47. The van der Waals surface area contributed by atoms with Crippen LogP contribution in [0.15, 0.2) is 109 Å². The van der Waals surface area contributed by atoms with Gasteiger partial charge in [0.25, 0.3) is 0 Å². The van der Waals surface area contributed by atoms with Crippen molar-refractivity contribution in [2.45, 2.75) is 309 Å². The van der Waals surface area contributed by atoms with Crippen LogP contribution >= 0.6 is 15.6 Å². The fraction of sp³-hybridized carbons (Fsp3) is 0.720. The van der Waals surface area contributed by atoms with E-state index < -0.39 is 91.5 Å². The third kappa shape index (κ3) is 69.4. The topological polar surface area (TPSA) is 231 Å². The van der Waals surface area contributed by atoms with Crippen LogP contribution in [0.4, 0.5) is 0 Å². The number of esters is 3. The van der Waals surface area contributed by atoms with Crippen molar-refractivity contribution in [1.82, 2.24) is 0 Å². The van der Waals surface area contributed by atoms with Crippen LogP contribution in [0.2, 0.25) is 0 Å². The molecule has 0 amide bonds. The molecule has 0 saturated carbocycles. The van der Waals surface area contributed by atoms with E-state index in [0.717, 1.165) is 141 Å². The van der Waals surface area contributed by atoms with E-state index in [-0.39, 0.29) is 19.3 Å². The zero-order valence-electron chi connectivity index (χ0n) is 58.1. The molecule has 5 atom stereocenters. The molecule has 0 heterocycles. The Bertz CT molecular complexity index is 2130. The van der Waals surface area contributed by atoms with Crippen LogP contribution in [0, 0.1) is 0 Å². The number of hydrogen-bond donors (Lipinski definition) is 4. The molecule has 4 N–H and O–H groups in total. The molecule has 0 aromatic heterocycles.